The molecule has 0 amide bonds. The number of imidazole rings is 1. The highest BCUT2D eigenvalue weighted by Gasteiger charge is 2.42. The summed E-state index contributed by atoms with van der Waals surface area (Å²) in [5.74, 6) is 0.961. The third-order valence-electron chi connectivity index (χ3n) is 6.62. The van der Waals surface area contributed by atoms with Crippen LogP contribution in [0.2, 0.25) is 0 Å². The molecule has 0 radical (unpaired) electrons. The van der Waals surface area contributed by atoms with Gasteiger partial charge in [-0.1, -0.05) is 12.1 Å². The minimum absolute atomic E-state index is 0.000568. The molecule has 186 valence electrons. The molecule has 4 heterocycles. The number of hydrogen-bond donors (Lipinski definition) is 1. The maximum atomic E-state index is 13.6. The number of hydrogen-bond acceptors (Lipinski definition) is 7. The fourth-order valence-corrected chi connectivity index (χ4v) is 6.84. The second kappa shape index (κ2) is 7.78. The van der Waals surface area contributed by atoms with E-state index >= 15 is 0 Å². The van der Waals surface area contributed by atoms with Crippen molar-refractivity contribution in [3.8, 4) is 16.9 Å². The number of fused-ring (bicyclic) bond motifs is 9. The zero-order chi connectivity index (χ0) is 25.4. The number of aromatic nitrogens is 4. The monoisotopic (exact) mass is 511 g/mol. The van der Waals surface area contributed by atoms with Gasteiger partial charge < -0.3 is 14.4 Å². The molecule has 6 rings (SSSR count). The van der Waals surface area contributed by atoms with E-state index in [1.54, 1.807) is 38.4 Å². The van der Waals surface area contributed by atoms with Crippen LogP contribution in [0.5, 0.6) is 5.75 Å². The van der Waals surface area contributed by atoms with Gasteiger partial charge in [0.25, 0.3) is 0 Å². The lowest BCUT2D eigenvalue weighted by atomic mass is 10.0. The van der Waals surface area contributed by atoms with Gasteiger partial charge in [0, 0.05) is 36.2 Å². The van der Waals surface area contributed by atoms with Crippen LogP contribution in [-0.4, -0.2) is 41.7 Å². The van der Waals surface area contributed by atoms with E-state index in [1.165, 1.54) is 12.3 Å². The maximum Gasteiger partial charge on any atom is 0.387 e. The Labute approximate surface area is 206 Å². The van der Waals surface area contributed by atoms with E-state index in [4.69, 9.17) is 9.72 Å². The summed E-state index contributed by atoms with van der Waals surface area (Å²) in [6.07, 6.45) is 5.28. The highest BCUT2D eigenvalue weighted by molar-refractivity contribution is 7.93. The summed E-state index contributed by atoms with van der Waals surface area (Å²) in [6.45, 7) is 0.223. The molecule has 1 N–H and O–H groups in total. The maximum absolute atomic E-state index is 13.6. The second-order valence-electron chi connectivity index (χ2n) is 9.62. The predicted molar refractivity (Wildman–Crippen MR) is 129 cm³/mol. The number of rotatable bonds is 4. The van der Waals surface area contributed by atoms with E-state index in [-0.39, 0.29) is 5.75 Å². The predicted octanol–water partition coefficient (Wildman–Crippen LogP) is 4.83. The molecule has 8 nitrogen and oxygen atoms in total. The number of benzene rings is 2. The standard InChI is InChI=1S/C25H23F2N5O3S/c1-25(2,33)23-28-11-14(12-29-23)13-7-8-15-17(9-13)32-18-10-16(22(32)30-15)31-36(3,34)20-6-4-5-19(21(18)20)35-24(26)27/h4-9,11-12,16,18,24,33H,10H2,1-3H3/t16-,18-,36-/m1/s1. The van der Waals surface area contributed by atoms with Gasteiger partial charge in [-0.25, -0.2) is 23.5 Å². The zero-order valence-corrected chi connectivity index (χ0v) is 20.5. The molecule has 0 spiro atoms. The van der Waals surface area contributed by atoms with Gasteiger partial charge in [0.05, 0.1) is 31.7 Å². The van der Waals surface area contributed by atoms with Crippen molar-refractivity contribution in [1.82, 2.24) is 19.5 Å². The molecular formula is C25H23F2N5O3S. The Bertz CT molecular complexity index is 1640. The molecule has 0 fully saturated rings. The van der Waals surface area contributed by atoms with Crippen LogP contribution in [-0.2, 0) is 15.3 Å². The SMILES string of the molecule is CC(C)(O)c1ncc(-c2ccc3nc4n(c3c2)[C@@H]2C[C@H]4N=[S@](C)(=O)c3cccc(OC(F)F)c32)cn1. The molecule has 2 aliphatic rings. The van der Waals surface area contributed by atoms with Crippen LogP contribution < -0.4 is 4.74 Å². The highest BCUT2D eigenvalue weighted by Crippen LogP contribution is 2.50. The zero-order valence-electron chi connectivity index (χ0n) is 19.7. The Balaban J connectivity index is 1.54. The van der Waals surface area contributed by atoms with Crippen LogP contribution in [0.15, 0.2) is 58.1 Å². The summed E-state index contributed by atoms with van der Waals surface area (Å²) >= 11 is 0. The molecule has 0 saturated heterocycles. The Morgan fingerprint density at radius 2 is 1.92 bits per heavy atom. The summed E-state index contributed by atoms with van der Waals surface area (Å²) in [6, 6.07) is 9.58. The Morgan fingerprint density at radius 1 is 1.17 bits per heavy atom. The Kier molecular flexibility index (Phi) is 4.97. The summed E-state index contributed by atoms with van der Waals surface area (Å²) in [4.78, 5) is 13.8. The number of alkyl halides is 2. The van der Waals surface area contributed by atoms with Crippen molar-refractivity contribution < 1.29 is 22.8 Å². The van der Waals surface area contributed by atoms with Crippen molar-refractivity contribution in [3.63, 3.8) is 0 Å². The van der Waals surface area contributed by atoms with Crippen LogP contribution in [0.4, 0.5) is 8.78 Å². The Morgan fingerprint density at radius 3 is 2.61 bits per heavy atom. The molecule has 4 aromatic rings. The number of ether oxygens (including phenoxy) is 1. The van der Waals surface area contributed by atoms with E-state index in [9.17, 15) is 18.1 Å². The minimum atomic E-state index is -3.01. The van der Waals surface area contributed by atoms with Crippen molar-refractivity contribution in [2.75, 3.05) is 6.26 Å². The largest absolute Gasteiger partial charge is 0.434 e. The average Bonchev–Trinajstić information content (AvgIpc) is 3.31. The van der Waals surface area contributed by atoms with Crippen molar-refractivity contribution >= 4 is 20.8 Å². The summed E-state index contributed by atoms with van der Waals surface area (Å²) in [5.41, 5.74) is 2.39. The van der Waals surface area contributed by atoms with E-state index in [1.807, 2.05) is 22.8 Å². The molecule has 3 atom stereocenters. The number of aliphatic hydroxyl groups is 1. The first kappa shape index (κ1) is 23.0. The number of halogens is 2. The smallest absolute Gasteiger partial charge is 0.387 e. The van der Waals surface area contributed by atoms with E-state index in [2.05, 4.69) is 14.3 Å². The van der Waals surface area contributed by atoms with Gasteiger partial charge in [-0.2, -0.15) is 8.78 Å². The van der Waals surface area contributed by atoms with Crippen LogP contribution in [0, 0.1) is 0 Å². The second-order valence-corrected chi connectivity index (χ2v) is 11.9. The van der Waals surface area contributed by atoms with Crippen LogP contribution in [0.25, 0.3) is 22.2 Å². The lowest BCUT2D eigenvalue weighted by Crippen LogP contribution is -2.19. The van der Waals surface area contributed by atoms with Crippen molar-refractivity contribution in [3.05, 3.63) is 66.0 Å². The van der Waals surface area contributed by atoms with Crippen molar-refractivity contribution in [1.29, 1.82) is 0 Å². The molecule has 0 aliphatic carbocycles. The van der Waals surface area contributed by atoms with Crippen molar-refractivity contribution in [2.24, 2.45) is 4.36 Å². The van der Waals surface area contributed by atoms with Gasteiger partial charge in [0.15, 0.2) is 5.82 Å². The molecule has 2 aromatic carbocycles. The summed E-state index contributed by atoms with van der Waals surface area (Å²) < 4.78 is 51.7. The summed E-state index contributed by atoms with van der Waals surface area (Å²) in [7, 11) is -2.86. The molecule has 2 bridgehead atoms. The fraction of sp³-hybridized carbons (Fsp3) is 0.320. The van der Waals surface area contributed by atoms with E-state index < -0.39 is 34.0 Å². The molecule has 0 unspecified atom stereocenters. The van der Waals surface area contributed by atoms with Gasteiger partial charge in [0.2, 0.25) is 0 Å². The molecule has 36 heavy (non-hydrogen) atoms. The normalized spacial score (nSPS) is 22.8. The first-order chi connectivity index (χ1) is 17.0. The average molecular weight is 512 g/mol. The molecular weight excluding hydrogens is 488 g/mol. The van der Waals surface area contributed by atoms with Crippen molar-refractivity contribution in [2.45, 2.75) is 49.5 Å². The quantitative estimate of drug-likeness (QED) is 0.421. The summed E-state index contributed by atoms with van der Waals surface area (Å²) in [5, 5.41) is 10.2. The third-order valence-corrected chi connectivity index (χ3v) is 8.45. The van der Waals surface area contributed by atoms with Gasteiger partial charge in [0.1, 0.15) is 23.2 Å². The van der Waals surface area contributed by atoms with E-state index in [0.29, 0.717) is 34.0 Å². The van der Waals surface area contributed by atoms with E-state index in [0.717, 1.165) is 16.6 Å². The van der Waals surface area contributed by atoms with Gasteiger partial charge in [-0.3, -0.25) is 0 Å². The van der Waals surface area contributed by atoms with Crippen LogP contribution >= 0.6 is 0 Å². The lowest BCUT2D eigenvalue weighted by Gasteiger charge is -2.22. The molecule has 2 aliphatic heterocycles. The molecule has 0 saturated carbocycles. The van der Waals surface area contributed by atoms with Gasteiger partial charge >= 0.3 is 6.61 Å². The fourth-order valence-electron chi connectivity index (χ4n) is 5.09. The first-order valence-electron chi connectivity index (χ1n) is 11.4. The lowest BCUT2D eigenvalue weighted by molar-refractivity contribution is -0.0508. The molecule has 11 heteroatoms. The van der Waals surface area contributed by atoms with Crippen LogP contribution in [0.1, 0.15) is 49.6 Å². The van der Waals surface area contributed by atoms with Gasteiger partial charge in [-0.05, 0) is 43.7 Å². The molecule has 2 aromatic heterocycles. The van der Waals surface area contributed by atoms with Crippen LogP contribution in [0.3, 0.4) is 0 Å². The topological polar surface area (TPSA) is 102 Å². The Hall–Kier alpha value is -3.44. The highest BCUT2D eigenvalue weighted by atomic mass is 32.2. The minimum Gasteiger partial charge on any atom is -0.434 e. The number of nitrogens with zero attached hydrogens (tertiary/aromatic N) is 5. The third kappa shape index (κ3) is 3.56. The van der Waals surface area contributed by atoms with Gasteiger partial charge in [-0.15, -0.1) is 0 Å². The first-order valence-corrected chi connectivity index (χ1v) is 13.3.